The van der Waals surface area contributed by atoms with E-state index >= 15 is 0 Å². The Labute approximate surface area is 102 Å². The van der Waals surface area contributed by atoms with E-state index in [1.54, 1.807) is 0 Å². The number of aryl methyl sites for hydroxylation is 1. The Morgan fingerprint density at radius 1 is 1.38 bits per heavy atom. The first kappa shape index (κ1) is 9.90. The van der Waals surface area contributed by atoms with E-state index in [1.807, 2.05) is 6.07 Å². The summed E-state index contributed by atoms with van der Waals surface area (Å²) in [5.74, 6) is 1.02. The molecule has 16 heavy (non-hydrogen) atoms. The Balaban J connectivity index is 2.31. The molecule has 0 spiro atoms. The van der Waals surface area contributed by atoms with E-state index in [9.17, 15) is 0 Å². The van der Waals surface area contributed by atoms with Gasteiger partial charge in [0.15, 0.2) is 0 Å². The van der Waals surface area contributed by atoms with Crippen LogP contribution in [0.3, 0.4) is 0 Å². The number of hydrogen-bond acceptors (Lipinski definition) is 2. The van der Waals surface area contributed by atoms with E-state index in [1.165, 1.54) is 10.9 Å². The molecule has 0 saturated carbocycles. The Morgan fingerprint density at radius 2 is 2.25 bits per heavy atom. The predicted octanol–water partition coefficient (Wildman–Crippen LogP) is 2.59. The van der Waals surface area contributed by atoms with Crippen molar-refractivity contribution < 1.29 is 0 Å². The van der Waals surface area contributed by atoms with Gasteiger partial charge in [0.1, 0.15) is 5.84 Å². The van der Waals surface area contributed by atoms with E-state index in [2.05, 4.69) is 50.3 Å². The van der Waals surface area contributed by atoms with Gasteiger partial charge in [0.25, 0.3) is 0 Å². The van der Waals surface area contributed by atoms with Crippen LogP contribution in [0, 0.1) is 6.92 Å². The minimum absolute atomic E-state index is 0.870. The van der Waals surface area contributed by atoms with Gasteiger partial charge in [-0.2, -0.15) is 0 Å². The quantitative estimate of drug-likeness (QED) is 0.827. The standard InChI is InChI=1S/C12H12BrN3/c1-7-10(12-14-5-6-15-12)8-3-2-4-9(13)11(8)16-7/h2-4,16H,5-6H2,1H3,(H,14,15). The molecule has 1 aromatic heterocycles. The number of para-hydroxylation sites is 1. The number of aromatic nitrogens is 1. The topological polar surface area (TPSA) is 40.2 Å². The maximum atomic E-state index is 4.49. The van der Waals surface area contributed by atoms with Crippen LogP contribution in [0.1, 0.15) is 11.3 Å². The molecule has 1 aliphatic rings. The molecule has 0 amide bonds. The number of amidine groups is 1. The van der Waals surface area contributed by atoms with Crippen molar-refractivity contribution in [3.05, 3.63) is 33.9 Å². The largest absolute Gasteiger partial charge is 0.368 e. The predicted molar refractivity (Wildman–Crippen MR) is 70.1 cm³/mol. The number of nitrogens with one attached hydrogen (secondary N) is 2. The molecule has 2 N–H and O–H groups in total. The molecule has 0 atom stereocenters. The molecular formula is C12H12BrN3. The number of H-pyrrole nitrogens is 1. The van der Waals surface area contributed by atoms with Crippen LogP contribution in [-0.4, -0.2) is 23.9 Å². The van der Waals surface area contributed by atoms with Crippen LogP contribution in [0.5, 0.6) is 0 Å². The summed E-state index contributed by atoms with van der Waals surface area (Å²) in [6, 6.07) is 6.23. The number of halogens is 1. The van der Waals surface area contributed by atoms with Gasteiger partial charge in [0.2, 0.25) is 0 Å². The first-order valence-corrected chi connectivity index (χ1v) is 6.12. The van der Waals surface area contributed by atoms with E-state index in [0.29, 0.717) is 0 Å². The summed E-state index contributed by atoms with van der Waals surface area (Å²) in [5.41, 5.74) is 3.51. The second-order valence-electron chi connectivity index (χ2n) is 3.94. The van der Waals surface area contributed by atoms with Gasteiger partial charge in [-0.05, 0) is 28.9 Å². The van der Waals surface area contributed by atoms with E-state index in [0.717, 1.165) is 34.6 Å². The van der Waals surface area contributed by atoms with Crippen LogP contribution < -0.4 is 5.32 Å². The van der Waals surface area contributed by atoms with E-state index in [-0.39, 0.29) is 0 Å². The fourth-order valence-corrected chi connectivity index (χ4v) is 2.65. The van der Waals surface area contributed by atoms with Gasteiger partial charge in [-0.3, -0.25) is 4.99 Å². The molecule has 0 saturated heterocycles. The summed E-state index contributed by atoms with van der Waals surface area (Å²) < 4.78 is 1.10. The summed E-state index contributed by atoms with van der Waals surface area (Å²) in [4.78, 5) is 7.89. The van der Waals surface area contributed by atoms with Crippen molar-refractivity contribution >= 4 is 32.7 Å². The van der Waals surface area contributed by atoms with Gasteiger partial charge in [0.05, 0.1) is 12.1 Å². The van der Waals surface area contributed by atoms with Crippen LogP contribution in [0.4, 0.5) is 0 Å². The molecule has 82 valence electrons. The summed E-state index contributed by atoms with van der Waals surface area (Å²) >= 11 is 3.56. The Hall–Kier alpha value is -1.29. The molecule has 4 heteroatoms. The molecule has 1 aliphatic heterocycles. The van der Waals surface area contributed by atoms with Crippen LogP contribution in [0.15, 0.2) is 27.7 Å². The third-order valence-corrected chi connectivity index (χ3v) is 3.54. The summed E-state index contributed by atoms with van der Waals surface area (Å²) in [7, 11) is 0. The zero-order chi connectivity index (χ0) is 11.1. The smallest absolute Gasteiger partial charge is 0.130 e. The summed E-state index contributed by atoms with van der Waals surface area (Å²) in [5, 5.41) is 4.55. The molecule has 0 bridgehead atoms. The van der Waals surface area contributed by atoms with Gasteiger partial charge in [-0.25, -0.2) is 0 Å². The van der Waals surface area contributed by atoms with Gasteiger partial charge in [0, 0.05) is 27.7 Å². The van der Waals surface area contributed by atoms with E-state index < -0.39 is 0 Å². The molecule has 0 radical (unpaired) electrons. The second kappa shape index (κ2) is 3.63. The van der Waals surface area contributed by atoms with Crippen LogP contribution >= 0.6 is 15.9 Å². The number of benzene rings is 1. The van der Waals surface area contributed by atoms with Crippen molar-refractivity contribution in [3.63, 3.8) is 0 Å². The molecule has 2 aromatic rings. The van der Waals surface area contributed by atoms with Gasteiger partial charge in [-0.1, -0.05) is 12.1 Å². The number of fused-ring (bicyclic) bond motifs is 1. The zero-order valence-electron chi connectivity index (χ0n) is 8.97. The first-order valence-electron chi connectivity index (χ1n) is 5.33. The number of aromatic amines is 1. The van der Waals surface area contributed by atoms with Crippen LogP contribution in [0.2, 0.25) is 0 Å². The highest BCUT2D eigenvalue weighted by molar-refractivity contribution is 9.10. The number of aliphatic imine (C=N–C) groups is 1. The van der Waals surface area contributed by atoms with Crippen LogP contribution in [0.25, 0.3) is 10.9 Å². The molecule has 3 rings (SSSR count). The van der Waals surface area contributed by atoms with Gasteiger partial charge in [-0.15, -0.1) is 0 Å². The van der Waals surface area contributed by atoms with Crippen molar-refractivity contribution in [2.45, 2.75) is 6.92 Å². The maximum absolute atomic E-state index is 4.49. The van der Waals surface area contributed by atoms with Crippen molar-refractivity contribution in [3.8, 4) is 0 Å². The first-order chi connectivity index (χ1) is 7.77. The molecule has 0 unspecified atom stereocenters. The average molecular weight is 278 g/mol. The number of rotatable bonds is 1. The molecule has 0 fully saturated rings. The molecule has 3 nitrogen and oxygen atoms in total. The number of hydrogen-bond donors (Lipinski definition) is 2. The minimum atomic E-state index is 0.870. The SMILES string of the molecule is Cc1[nH]c2c(Br)cccc2c1C1=NCCN1. The van der Waals surface area contributed by atoms with Crippen molar-refractivity contribution in [2.24, 2.45) is 4.99 Å². The van der Waals surface area contributed by atoms with Crippen molar-refractivity contribution in [1.82, 2.24) is 10.3 Å². The highest BCUT2D eigenvalue weighted by atomic mass is 79.9. The van der Waals surface area contributed by atoms with Crippen molar-refractivity contribution in [2.75, 3.05) is 13.1 Å². The Bertz CT molecular complexity index is 583. The summed E-state index contributed by atoms with van der Waals surface area (Å²) in [6.07, 6.45) is 0. The fraction of sp³-hybridized carbons (Fsp3) is 0.250. The van der Waals surface area contributed by atoms with E-state index in [4.69, 9.17) is 0 Å². The van der Waals surface area contributed by atoms with Gasteiger partial charge < -0.3 is 10.3 Å². The normalized spacial score (nSPS) is 15.2. The fourth-order valence-electron chi connectivity index (χ4n) is 2.18. The lowest BCUT2D eigenvalue weighted by molar-refractivity contribution is 0.960. The molecule has 0 aliphatic carbocycles. The minimum Gasteiger partial charge on any atom is -0.368 e. The monoisotopic (exact) mass is 277 g/mol. The van der Waals surface area contributed by atoms with Gasteiger partial charge >= 0.3 is 0 Å². The lowest BCUT2D eigenvalue weighted by Gasteiger charge is -2.02. The Morgan fingerprint density at radius 3 is 3.00 bits per heavy atom. The Kier molecular flexibility index (Phi) is 2.24. The number of nitrogens with zero attached hydrogens (tertiary/aromatic N) is 1. The average Bonchev–Trinajstić information content (AvgIpc) is 2.85. The highest BCUT2D eigenvalue weighted by Gasteiger charge is 2.17. The molecule has 2 heterocycles. The lowest BCUT2D eigenvalue weighted by atomic mass is 10.1. The third-order valence-electron chi connectivity index (χ3n) is 2.88. The molecular weight excluding hydrogens is 266 g/mol. The molecule has 1 aromatic carbocycles. The lowest BCUT2D eigenvalue weighted by Crippen LogP contribution is -2.19. The van der Waals surface area contributed by atoms with Crippen molar-refractivity contribution in [1.29, 1.82) is 0 Å². The zero-order valence-corrected chi connectivity index (χ0v) is 10.6. The highest BCUT2D eigenvalue weighted by Crippen LogP contribution is 2.28. The second-order valence-corrected chi connectivity index (χ2v) is 4.80. The van der Waals surface area contributed by atoms with Crippen LogP contribution in [-0.2, 0) is 0 Å². The third kappa shape index (κ3) is 1.37. The summed E-state index contributed by atoms with van der Waals surface area (Å²) in [6.45, 7) is 3.90. The maximum Gasteiger partial charge on any atom is 0.130 e.